The monoisotopic (exact) mass is 344 g/mol. The minimum Gasteiger partial charge on any atom is -0.354 e. The molecule has 7 heteroatoms. The van der Waals surface area contributed by atoms with E-state index < -0.39 is 0 Å². The van der Waals surface area contributed by atoms with Crippen molar-refractivity contribution in [2.75, 3.05) is 18.4 Å². The van der Waals surface area contributed by atoms with Crippen molar-refractivity contribution >= 4 is 11.8 Å². The fourth-order valence-electron chi connectivity index (χ4n) is 4.07. The number of urea groups is 1. The second-order valence-electron chi connectivity index (χ2n) is 6.92. The van der Waals surface area contributed by atoms with Crippen LogP contribution in [0, 0.1) is 18.7 Å². The summed E-state index contributed by atoms with van der Waals surface area (Å²) in [5.41, 5.74) is 0.761. The average molecular weight is 344 g/mol. The van der Waals surface area contributed by atoms with Gasteiger partial charge in [0.1, 0.15) is 5.82 Å². The second-order valence-corrected chi connectivity index (χ2v) is 6.92. The maximum atomic E-state index is 13.9. The number of hydrogen-bond donors (Lipinski definition) is 3. The lowest BCUT2D eigenvalue weighted by Gasteiger charge is -2.29. The summed E-state index contributed by atoms with van der Waals surface area (Å²) >= 11 is 0. The molecule has 0 spiro atoms. The molecule has 2 heterocycles. The van der Waals surface area contributed by atoms with Gasteiger partial charge < -0.3 is 15.2 Å². The SMILES string of the molecule is Cc1c(NC(=O)N[C@]23CCC[C@H]2CNC3)noc1-c1ccccc1F. The summed E-state index contributed by atoms with van der Waals surface area (Å²) in [5.74, 6) is 0.730. The Morgan fingerprint density at radius 1 is 1.44 bits per heavy atom. The molecule has 0 bridgehead atoms. The Bertz CT molecular complexity index is 794. The van der Waals surface area contributed by atoms with E-state index in [9.17, 15) is 9.18 Å². The first-order valence-corrected chi connectivity index (χ1v) is 8.60. The maximum Gasteiger partial charge on any atom is 0.320 e. The molecule has 2 atom stereocenters. The summed E-state index contributed by atoms with van der Waals surface area (Å²) < 4.78 is 19.2. The number of benzene rings is 1. The number of fused-ring (bicyclic) bond motifs is 1. The molecular weight excluding hydrogens is 323 g/mol. The van der Waals surface area contributed by atoms with Crippen molar-refractivity contribution in [1.29, 1.82) is 0 Å². The number of anilines is 1. The minimum atomic E-state index is -0.387. The van der Waals surface area contributed by atoms with Crippen molar-refractivity contribution in [3.63, 3.8) is 0 Å². The zero-order chi connectivity index (χ0) is 17.4. The van der Waals surface area contributed by atoms with Crippen LogP contribution in [0.3, 0.4) is 0 Å². The summed E-state index contributed by atoms with van der Waals surface area (Å²) in [7, 11) is 0. The molecule has 25 heavy (non-hydrogen) atoms. The number of rotatable bonds is 3. The largest absolute Gasteiger partial charge is 0.354 e. The van der Waals surface area contributed by atoms with Crippen LogP contribution in [0.25, 0.3) is 11.3 Å². The summed E-state index contributed by atoms with van der Waals surface area (Å²) in [6, 6.07) is 6.03. The van der Waals surface area contributed by atoms with Crippen molar-refractivity contribution in [3.05, 3.63) is 35.6 Å². The fourth-order valence-corrected chi connectivity index (χ4v) is 4.07. The third kappa shape index (κ3) is 2.78. The predicted octanol–water partition coefficient (Wildman–Crippen LogP) is 3.05. The summed E-state index contributed by atoms with van der Waals surface area (Å²) in [5, 5.41) is 13.1. The fraction of sp³-hybridized carbons (Fsp3) is 0.444. The lowest BCUT2D eigenvalue weighted by molar-refractivity contribution is 0.232. The van der Waals surface area contributed by atoms with Crippen molar-refractivity contribution in [2.45, 2.75) is 31.7 Å². The number of aromatic nitrogens is 1. The van der Waals surface area contributed by atoms with Crippen LogP contribution in [0.15, 0.2) is 28.8 Å². The molecule has 2 aromatic rings. The van der Waals surface area contributed by atoms with Gasteiger partial charge in [0.05, 0.1) is 11.1 Å². The van der Waals surface area contributed by atoms with E-state index in [0.29, 0.717) is 28.6 Å². The molecule has 3 N–H and O–H groups in total. The minimum absolute atomic E-state index is 0.171. The zero-order valence-corrected chi connectivity index (χ0v) is 14.1. The molecule has 6 nitrogen and oxygen atoms in total. The normalized spacial score (nSPS) is 25.0. The Morgan fingerprint density at radius 2 is 2.28 bits per heavy atom. The van der Waals surface area contributed by atoms with Crippen LogP contribution in [0.2, 0.25) is 0 Å². The van der Waals surface area contributed by atoms with E-state index in [4.69, 9.17) is 4.52 Å². The molecule has 1 saturated heterocycles. The van der Waals surface area contributed by atoms with Crippen LogP contribution in [-0.2, 0) is 0 Å². The molecule has 1 aromatic carbocycles. The van der Waals surface area contributed by atoms with E-state index in [2.05, 4.69) is 21.1 Å². The molecule has 2 amide bonds. The molecule has 1 aliphatic carbocycles. The number of carbonyl (C=O) groups excluding carboxylic acids is 1. The highest BCUT2D eigenvalue weighted by Gasteiger charge is 2.47. The second kappa shape index (κ2) is 6.15. The van der Waals surface area contributed by atoms with Gasteiger partial charge in [0.25, 0.3) is 0 Å². The van der Waals surface area contributed by atoms with E-state index in [0.717, 1.165) is 32.4 Å². The summed E-state index contributed by atoms with van der Waals surface area (Å²) in [4.78, 5) is 12.5. The molecule has 1 aliphatic heterocycles. The number of carbonyl (C=O) groups is 1. The molecule has 0 unspecified atom stereocenters. The van der Waals surface area contributed by atoms with Gasteiger partial charge in [-0.15, -0.1) is 0 Å². The number of halogens is 1. The van der Waals surface area contributed by atoms with Crippen molar-refractivity contribution in [2.24, 2.45) is 5.92 Å². The van der Waals surface area contributed by atoms with Crippen LogP contribution in [0.1, 0.15) is 24.8 Å². The highest BCUT2D eigenvalue weighted by molar-refractivity contribution is 5.90. The Morgan fingerprint density at radius 3 is 3.12 bits per heavy atom. The van der Waals surface area contributed by atoms with Crippen LogP contribution in [-0.4, -0.2) is 29.8 Å². The van der Waals surface area contributed by atoms with Gasteiger partial charge in [0.15, 0.2) is 11.6 Å². The smallest absolute Gasteiger partial charge is 0.320 e. The summed E-state index contributed by atoms with van der Waals surface area (Å²) in [6.45, 7) is 3.49. The lowest BCUT2D eigenvalue weighted by atomic mass is 9.91. The van der Waals surface area contributed by atoms with Gasteiger partial charge in [-0.05, 0) is 37.8 Å². The first-order chi connectivity index (χ1) is 12.1. The van der Waals surface area contributed by atoms with Crippen molar-refractivity contribution in [1.82, 2.24) is 15.8 Å². The number of nitrogens with zero attached hydrogens (tertiary/aromatic N) is 1. The van der Waals surface area contributed by atoms with E-state index in [-0.39, 0.29) is 17.4 Å². The zero-order valence-electron chi connectivity index (χ0n) is 14.1. The number of nitrogens with one attached hydrogen (secondary N) is 3. The van der Waals surface area contributed by atoms with Crippen LogP contribution in [0.5, 0.6) is 0 Å². The first kappa shape index (κ1) is 16.1. The number of amides is 2. The Balaban J connectivity index is 1.50. The van der Waals surface area contributed by atoms with Gasteiger partial charge in [-0.2, -0.15) is 0 Å². The van der Waals surface area contributed by atoms with Gasteiger partial charge >= 0.3 is 6.03 Å². The van der Waals surface area contributed by atoms with Crippen LogP contribution < -0.4 is 16.0 Å². The average Bonchev–Trinajstić information content (AvgIpc) is 3.23. The van der Waals surface area contributed by atoms with Gasteiger partial charge in [-0.25, -0.2) is 9.18 Å². The third-order valence-electron chi connectivity index (χ3n) is 5.43. The highest BCUT2D eigenvalue weighted by Crippen LogP contribution is 2.38. The molecule has 132 valence electrons. The topological polar surface area (TPSA) is 79.2 Å². The Hall–Kier alpha value is -2.41. The molecule has 1 saturated carbocycles. The Labute approximate surface area is 145 Å². The van der Waals surface area contributed by atoms with Gasteiger partial charge in [0.2, 0.25) is 0 Å². The van der Waals surface area contributed by atoms with Crippen LogP contribution in [0.4, 0.5) is 15.0 Å². The van der Waals surface area contributed by atoms with Crippen molar-refractivity contribution < 1.29 is 13.7 Å². The lowest BCUT2D eigenvalue weighted by Crippen LogP contribution is -2.53. The molecule has 2 aliphatic rings. The van der Waals surface area contributed by atoms with E-state index in [1.165, 1.54) is 6.07 Å². The summed E-state index contributed by atoms with van der Waals surface area (Å²) in [6.07, 6.45) is 3.25. The first-order valence-electron chi connectivity index (χ1n) is 8.60. The molecule has 1 aromatic heterocycles. The van der Waals surface area contributed by atoms with Gasteiger partial charge in [0, 0.05) is 18.7 Å². The molecule has 0 radical (unpaired) electrons. The Kier molecular flexibility index (Phi) is 3.95. The predicted molar refractivity (Wildman–Crippen MR) is 91.7 cm³/mol. The van der Waals surface area contributed by atoms with Gasteiger partial charge in [-0.3, -0.25) is 5.32 Å². The van der Waals surface area contributed by atoms with E-state index >= 15 is 0 Å². The highest BCUT2D eigenvalue weighted by atomic mass is 19.1. The maximum absolute atomic E-state index is 13.9. The molecule has 4 rings (SSSR count). The molecule has 2 fully saturated rings. The number of hydrogen-bond acceptors (Lipinski definition) is 4. The standard InChI is InChI=1S/C18H21FN4O2/c1-11-15(13-6-2-3-7-14(13)19)25-23-16(11)21-17(24)22-18-8-4-5-12(18)9-20-10-18/h2-3,6-7,12,20H,4-5,8-10H2,1H3,(H2,21,22,23,24)/t12-,18-/m0/s1. The van der Waals surface area contributed by atoms with E-state index in [1.807, 2.05) is 0 Å². The van der Waals surface area contributed by atoms with Crippen LogP contribution >= 0.6 is 0 Å². The molecular formula is C18H21FN4O2. The third-order valence-corrected chi connectivity index (χ3v) is 5.43. The van der Waals surface area contributed by atoms with Gasteiger partial charge in [-0.1, -0.05) is 23.7 Å². The quantitative estimate of drug-likeness (QED) is 0.800. The van der Waals surface area contributed by atoms with Crippen molar-refractivity contribution in [3.8, 4) is 11.3 Å². The van der Waals surface area contributed by atoms with E-state index in [1.54, 1.807) is 25.1 Å².